The highest BCUT2D eigenvalue weighted by atomic mass is 19.4. The summed E-state index contributed by atoms with van der Waals surface area (Å²) in [6, 6.07) is -0.705. The molecular formula is C11H17F3N2O3. The largest absolute Gasteiger partial charge is 0.405 e. The molecule has 0 aliphatic carbocycles. The van der Waals surface area contributed by atoms with Gasteiger partial charge in [-0.2, -0.15) is 13.2 Å². The predicted octanol–water partition coefficient (Wildman–Crippen LogP) is 1.14. The third-order valence-corrected chi connectivity index (χ3v) is 3.20. The topological polar surface area (TPSA) is 50.8 Å². The molecule has 2 aliphatic rings. The molecule has 1 N–H and O–H groups in total. The number of urea groups is 1. The van der Waals surface area contributed by atoms with Crippen LogP contribution in [0.4, 0.5) is 18.0 Å². The number of ether oxygens (including phenoxy) is 2. The van der Waals surface area contributed by atoms with Gasteiger partial charge in [0.2, 0.25) is 0 Å². The Kier molecular flexibility index (Phi) is 4.51. The van der Waals surface area contributed by atoms with Gasteiger partial charge in [-0.3, -0.25) is 0 Å². The van der Waals surface area contributed by atoms with Crippen LogP contribution in [-0.2, 0) is 9.47 Å². The summed E-state index contributed by atoms with van der Waals surface area (Å²) in [5, 5.41) is 1.87. The van der Waals surface area contributed by atoms with Gasteiger partial charge in [0, 0.05) is 13.2 Å². The van der Waals surface area contributed by atoms with E-state index in [2.05, 4.69) is 0 Å². The standard InChI is InChI=1S/C11H17F3N2O3/c12-11(13,14)7-15-10(17)16-3-5-19-9(6-16)8-2-1-4-18-8/h8-9H,1-7H2,(H,15,17)/t8-,9-/m1/s1. The molecule has 110 valence electrons. The zero-order chi connectivity index (χ0) is 13.9. The smallest absolute Gasteiger partial charge is 0.375 e. The molecule has 0 saturated carbocycles. The summed E-state index contributed by atoms with van der Waals surface area (Å²) in [6.07, 6.45) is -2.88. The van der Waals surface area contributed by atoms with Crippen molar-refractivity contribution in [1.82, 2.24) is 10.2 Å². The maximum absolute atomic E-state index is 12.0. The number of amides is 2. The lowest BCUT2D eigenvalue weighted by molar-refractivity contribution is -0.124. The van der Waals surface area contributed by atoms with E-state index in [1.54, 1.807) is 0 Å². The Morgan fingerprint density at radius 2 is 2.00 bits per heavy atom. The lowest BCUT2D eigenvalue weighted by Crippen LogP contribution is -2.53. The van der Waals surface area contributed by atoms with Gasteiger partial charge >= 0.3 is 12.2 Å². The van der Waals surface area contributed by atoms with Crippen molar-refractivity contribution >= 4 is 6.03 Å². The van der Waals surface area contributed by atoms with Crippen LogP contribution in [0.5, 0.6) is 0 Å². The fourth-order valence-corrected chi connectivity index (χ4v) is 2.27. The molecule has 0 aromatic rings. The average Bonchev–Trinajstić information content (AvgIpc) is 2.89. The zero-order valence-electron chi connectivity index (χ0n) is 10.4. The second-order valence-electron chi connectivity index (χ2n) is 4.68. The Hall–Kier alpha value is -1.02. The second-order valence-corrected chi connectivity index (χ2v) is 4.68. The van der Waals surface area contributed by atoms with E-state index in [4.69, 9.17) is 9.47 Å². The van der Waals surface area contributed by atoms with Gasteiger partial charge in [0.05, 0.1) is 19.3 Å². The molecule has 2 saturated heterocycles. The maximum Gasteiger partial charge on any atom is 0.405 e. The van der Waals surface area contributed by atoms with Crippen LogP contribution in [0.2, 0.25) is 0 Å². The van der Waals surface area contributed by atoms with Crippen molar-refractivity contribution in [1.29, 1.82) is 0 Å². The van der Waals surface area contributed by atoms with E-state index in [-0.39, 0.29) is 18.8 Å². The summed E-state index contributed by atoms with van der Waals surface area (Å²) in [6.45, 7) is 0.254. The van der Waals surface area contributed by atoms with Gasteiger partial charge in [0.25, 0.3) is 0 Å². The first-order valence-corrected chi connectivity index (χ1v) is 6.28. The molecule has 0 aromatic carbocycles. The van der Waals surface area contributed by atoms with Crippen LogP contribution in [-0.4, -0.2) is 62.2 Å². The molecule has 0 unspecified atom stereocenters. The Bertz CT molecular complexity index is 319. The fourth-order valence-electron chi connectivity index (χ4n) is 2.27. The van der Waals surface area contributed by atoms with Crippen molar-refractivity contribution in [2.75, 3.05) is 32.8 Å². The normalized spacial score (nSPS) is 28.5. The van der Waals surface area contributed by atoms with Crippen molar-refractivity contribution in [2.24, 2.45) is 0 Å². The summed E-state index contributed by atoms with van der Waals surface area (Å²) >= 11 is 0. The minimum atomic E-state index is -4.39. The monoisotopic (exact) mass is 282 g/mol. The number of carbonyl (C=O) groups excluding carboxylic acids is 1. The number of morpholine rings is 1. The molecule has 0 radical (unpaired) electrons. The van der Waals surface area contributed by atoms with Crippen molar-refractivity contribution in [3.8, 4) is 0 Å². The highest BCUT2D eigenvalue weighted by Crippen LogP contribution is 2.21. The van der Waals surface area contributed by atoms with Crippen molar-refractivity contribution < 1.29 is 27.4 Å². The van der Waals surface area contributed by atoms with Crippen LogP contribution >= 0.6 is 0 Å². The van der Waals surface area contributed by atoms with Crippen molar-refractivity contribution in [3.05, 3.63) is 0 Å². The minimum Gasteiger partial charge on any atom is -0.375 e. The summed E-state index contributed by atoms with van der Waals surface area (Å²) < 4.78 is 47.1. The van der Waals surface area contributed by atoms with Gasteiger partial charge in [-0.25, -0.2) is 4.79 Å². The molecular weight excluding hydrogens is 265 g/mol. The number of hydrogen-bond donors (Lipinski definition) is 1. The van der Waals surface area contributed by atoms with Gasteiger partial charge in [-0.1, -0.05) is 0 Å². The van der Waals surface area contributed by atoms with Gasteiger partial charge in [0.15, 0.2) is 0 Å². The van der Waals surface area contributed by atoms with E-state index in [0.29, 0.717) is 19.8 Å². The lowest BCUT2D eigenvalue weighted by atomic mass is 10.1. The average molecular weight is 282 g/mol. The SMILES string of the molecule is O=C(NCC(F)(F)F)N1CCO[C@@H]([C@H]2CCCO2)C1. The summed E-state index contributed by atoms with van der Waals surface area (Å²) in [4.78, 5) is 13.0. The fraction of sp³-hybridized carbons (Fsp3) is 0.909. The quantitative estimate of drug-likeness (QED) is 0.826. The van der Waals surface area contributed by atoms with Gasteiger partial charge in [0.1, 0.15) is 12.6 Å². The van der Waals surface area contributed by atoms with Crippen LogP contribution < -0.4 is 5.32 Å². The number of halogens is 3. The Morgan fingerprint density at radius 1 is 1.26 bits per heavy atom. The number of nitrogens with one attached hydrogen (secondary N) is 1. The summed E-state index contributed by atoms with van der Waals surface area (Å²) in [5.74, 6) is 0. The molecule has 0 bridgehead atoms. The molecule has 2 amide bonds. The van der Waals surface area contributed by atoms with Crippen molar-refractivity contribution in [2.45, 2.75) is 31.2 Å². The molecule has 2 fully saturated rings. The molecule has 0 spiro atoms. The Morgan fingerprint density at radius 3 is 2.63 bits per heavy atom. The lowest BCUT2D eigenvalue weighted by Gasteiger charge is -2.35. The maximum atomic E-state index is 12.0. The Balaban J connectivity index is 1.81. The van der Waals surface area contributed by atoms with Crippen LogP contribution in [0.25, 0.3) is 0 Å². The highest BCUT2D eigenvalue weighted by Gasteiger charge is 2.34. The van der Waals surface area contributed by atoms with E-state index in [9.17, 15) is 18.0 Å². The first-order chi connectivity index (χ1) is 8.96. The Labute approximate surface area is 109 Å². The number of hydrogen-bond acceptors (Lipinski definition) is 3. The summed E-state index contributed by atoms with van der Waals surface area (Å²) in [7, 11) is 0. The first-order valence-electron chi connectivity index (χ1n) is 6.28. The molecule has 2 heterocycles. The number of rotatable bonds is 2. The third kappa shape index (κ3) is 4.24. The molecule has 5 nitrogen and oxygen atoms in total. The first kappa shape index (κ1) is 14.4. The molecule has 2 rings (SSSR count). The molecule has 2 atom stereocenters. The zero-order valence-corrected chi connectivity index (χ0v) is 10.4. The van der Waals surface area contributed by atoms with E-state index >= 15 is 0 Å². The third-order valence-electron chi connectivity index (χ3n) is 3.20. The predicted molar refractivity (Wildman–Crippen MR) is 59.7 cm³/mol. The second kappa shape index (κ2) is 5.96. The van der Waals surface area contributed by atoms with Crippen LogP contribution in [0.1, 0.15) is 12.8 Å². The molecule has 0 aromatic heterocycles. The number of carbonyl (C=O) groups is 1. The van der Waals surface area contributed by atoms with Gasteiger partial charge in [-0.15, -0.1) is 0 Å². The number of nitrogens with zero attached hydrogens (tertiary/aromatic N) is 1. The van der Waals surface area contributed by atoms with Gasteiger partial charge in [-0.05, 0) is 12.8 Å². The summed E-state index contributed by atoms with van der Waals surface area (Å²) in [5.41, 5.74) is 0. The highest BCUT2D eigenvalue weighted by molar-refractivity contribution is 5.74. The number of alkyl halides is 3. The van der Waals surface area contributed by atoms with E-state index in [1.165, 1.54) is 4.90 Å². The molecule has 8 heteroatoms. The van der Waals surface area contributed by atoms with Crippen LogP contribution in [0, 0.1) is 0 Å². The van der Waals surface area contributed by atoms with E-state index < -0.39 is 18.8 Å². The van der Waals surface area contributed by atoms with Crippen LogP contribution in [0.3, 0.4) is 0 Å². The molecule has 2 aliphatic heterocycles. The minimum absolute atomic E-state index is 0.0572. The van der Waals surface area contributed by atoms with Crippen molar-refractivity contribution in [3.63, 3.8) is 0 Å². The van der Waals surface area contributed by atoms with Crippen LogP contribution in [0.15, 0.2) is 0 Å². The van der Waals surface area contributed by atoms with E-state index in [1.807, 2.05) is 5.32 Å². The van der Waals surface area contributed by atoms with Gasteiger partial charge < -0.3 is 19.7 Å². The van der Waals surface area contributed by atoms with E-state index in [0.717, 1.165) is 12.8 Å². The molecule has 19 heavy (non-hydrogen) atoms.